The number of rotatable bonds is 2. The zero-order valence-electron chi connectivity index (χ0n) is 15.2. The molecule has 2 heteroatoms. The van der Waals surface area contributed by atoms with Gasteiger partial charge in [0.2, 0.25) is 0 Å². The normalized spacial score (nSPS) is 13.0. The minimum Gasteiger partial charge on any atom is -0.489 e. The second-order valence-electron chi connectivity index (χ2n) is 8.38. The number of fused-ring (bicyclic) bond motifs is 1. The van der Waals surface area contributed by atoms with E-state index in [1.54, 1.807) is 0 Å². The molecular formula is C20H29NO. The van der Waals surface area contributed by atoms with Gasteiger partial charge in [-0.15, -0.1) is 0 Å². The lowest BCUT2D eigenvalue weighted by Crippen LogP contribution is -2.19. The Morgan fingerprint density at radius 1 is 0.955 bits per heavy atom. The minimum atomic E-state index is -0.0522. The molecule has 22 heavy (non-hydrogen) atoms. The predicted molar refractivity (Wildman–Crippen MR) is 94.9 cm³/mol. The molecule has 0 fully saturated rings. The van der Waals surface area contributed by atoms with Gasteiger partial charge in [-0.2, -0.15) is 0 Å². The van der Waals surface area contributed by atoms with Crippen LogP contribution in [0, 0.1) is 0 Å². The van der Waals surface area contributed by atoms with Crippen molar-refractivity contribution in [3.63, 3.8) is 0 Å². The highest BCUT2D eigenvalue weighted by Gasteiger charge is 2.25. The highest BCUT2D eigenvalue weighted by Crippen LogP contribution is 2.36. The molecule has 0 amide bonds. The molecule has 2 aromatic rings. The van der Waals surface area contributed by atoms with Crippen LogP contribution in [-0.2, 0) is 10.8 Å². The maximum atomic E-state index is 6.04. The second kappa shape index (κ2) is 5.57. The molecule has 0 aliphatic heterocycles. The molecule has 0 spiro atoms. The molecule has 0 unspecified atom stereocenters. The van der Waals surface area contributed by atoms with Crippen LogP contribution in [-0.4, -0.2) is 11.1 Å². The molecule has 0 aliphatic carbocycles. The molecule has 1 aromatic heterocycles. The lowest BCUT2D eigenvalue weighted by molar-refractivity contribution is 0.235. The molecule has 0 saturated heterocycles. The molecule has 1 aromatic carbocycles. The summed E-state index contributed by atoms with van der Waals surface area (Å²) in [6, 6.07) is 8.57. The van der Waals surface area contributed by atoms with Gasteiger partial charge in [-0.3, -0.25) is 0 Å². The SMILES string of the molecule is CC(C)Oc1cc2cccc(C(C)(C)C)c2nc1C(C)(C)C. The zero-order valence-corrected chi connectivity index (χ0v) is 15.2. The molecular weight excluding hydrogens is 270 g/mol. The molecule has 0 radical (unpaired) electrons. The van der Waals surface area contributed by atoms with Crippen molar-refractivity contribution in [3.05, 3.63) is 35.5 Å². The summed E-state index contributed by atoms with van der Waals surface area (Å²) in [4.78, 5) is 5.04. The third kappa shape index (κ3) is 3.43. The lowest BCUT2D eigenvalue weighted by Gasteiger charge is -2.26. The van der Waals surface area contributed by atoms with Crippen LogP contribution in [0.4, 0.5) is 0 Å². The molecule has 0 N–H and O–H groups in total. The van der Waals surface area contributed by atoms with E-state index < -0.39 is 0 Å². The monoisotopic (exact) mass is 299 g/mol. The van der Waals surface area contributed by atoms with Crippen LogP contribution in [0.15, 0.2) is 24.3 Å². The van der Waals surface area contributed by atoms with Gasteiger partial charge in [0.25, 0.3) is 0 Å². The molecule has 2 nitrogen and oxygen atoms in total. The first-order valence-corrected chi connectivity index (χ1v) is 8.11. The van der Waals surface area contributed by atoms with Crippen molar-refractivity contribution in [2.75, 3.05) is 0 Å². The summed E-state index contributed by atoms with van der Waals surface area (Å²) in [6.45, 7) is 17.4. The van der Waals surface area contributed by atoms with Gasteiger partial charge in [0.05, 0.1) is 17.3 Å². The minimum absolute atomic E-state index is 0.0522. The highest BCUT2D eigenvalue weighted by atomic mass is 16.5. The Bertz CT molecular complexity index is 672. The van der Waals surface area contributed by atoms with Gasteiger partial charge in [-0.25, -0.2) is 4.98 Å². The third-order valence-electron chi connectivity index (χ3n) is 3.69. The van der Waals surface area contributed by atoms with Gasteiger partial charge in [0.1, 0.15) is 5.75 Å². The van der Waals surface area contributed by atoms with Crippen LogP contribution < -0.4 is 4.74 Å². The molecule has 0 bridgehead atoms. The van der Waals surface area contributed by atoms with Crippen molar-refractivity contribution in [1.82, 2.24) is 4.98 Å². The van der Waals surface area contributed by atoms with Crippen molar-refractivity contribution in [1.29, 1.82) is 0 Å². The first-order valence-electron chi connectivity index (χ1n) is 8.11. The molecule has 1 heterocycles. The molecule has 2 rings (SSSR count). The van der Waals surface area contributed by atoms with E-state index in [0.29, 0.717) is 0 Å². The van der Waals surface area contributed by atoms with Crippen LogP contribution in [0.2, 0.25) is 0 Å². The van der Waals surface area contributed by atoms with Gasteiger partial charge in [0, 0.05) is 10.8 Å². The van der Waals surface area contributed by atoms with Gasteiger partial charge >= 0.3 is 0 Å². The van der Waals surface area contributed by atoms with E-state index in [1.165, 1.54) is 5.56 Å². The summed E-state index contributed by atoms with van der Waals surface area (Å²) in [5.41, 5.74) is 3.43. The van der Waals surface area contributed by atoms with Gasteiger partial charge in [-0.05, 0) is 30.9 Å². The van der Waals surface area contributed by atoms with Crippen LogP contribution in [0.5, 0.6) is 5.75 Å². The van der Waals surface area contributed by atoms with E-state index in [9.17, 15) is 0 Å². The quantitative estimate of drug-likeness (QED) is 0.718. The Morgan fingerprint density at radius 2 is 1.59 bits per heavy atom. The summed E-state index contributed by atoms with van der Waals surface area (Å²) >= 11 is 0. The number of pyridine rings is 1. The Morgan fingerprint density at radius 3 is 2.09 bits per heavy atom. The second-order valence-corrected chi connectivity index (χ2v) is 8.38. The van der Waals surface area contributed by atoms with E-state index in [4.69, 9.17) is 9.72 Å². The van der Waals surface area contributed by atoms with Crippen LogP contribution in [0.3, 0.4) is 0 Å². The van der Waals surface area contributed by atoms with E-state index in [-0.39, 0.29) is 16.9 Å². The Balaban J connectivity index is 2.78. The molecule has 0 aliphatic rings. The molecule has 0 atom stereocenters. The molecule has 120 valence electrons. The van der Waals surface area contributed by atoms with Crippen LogP contribution in [0.1, 0.15) is 66.6 Å². The average molecular weight is 299 g/mol. The third-order valence-corrected chi connectivity index (χ3v) is 3.69. The van der Waals surface area contributed by atoms with E-state index in [1.807, 2.05) is 0 Å². The Hall–Kier alpha value is -1.57. The Labute approximate surface area is 134 Å². The van der Waals surface area contributed by atoms with Crippen molar-refractivity contribution in [2.45, 2.75) is 72.3 Å². The molecule has 0 saturated carbocycles. The van der Waals surface area contributed by atoms with E-state index in [0.717, 1.165) is 22.3 Å². The fraction of sp³-hybridized carbons (Fsp3) is 0.550. The number of para-hydroxylation sites is 1. The standard InChI is InChI=1S/C20H29NO/c1-13(2)22-16-12-14-10-9-11-15(19(3,4)5)17(14)21-18(16)20(6,7)8/h9-13H,1-8H3. The first-order chi connectivity index (χ1) is 10.00. The van der Waals surface area contributed by atoms with Crippen molar-refractivity contribution in [3.8, 4) is 5.75 Å². The largest absolute Gasteiger partial charge is 0.489 e. The number of nitrogens with zero attached hydrogens (tertiary/aromatic N) is 1. The maximum absolute atomic E-state index is 6.04. The lowest BCUT2D eigenvalue weighted by atomic mass is 9.84. The smallest absolute Gasteiger partial charge is 0.142 e. The zero-order chi connectivity index (χ0) is 16.7. The number of hydrogen-bond donors (Lipinski definition) is 0. The summed E-state index contributed by atoms with van der Waals surface area (Å²) < 4.78 is 6.04. The van der Waals surface area contributed by atoms with E-state index in [2.05, 4.69) is 79.7 Å². The van der Waals surface area contributed by atoms with E-state index >= 15 is 0 Å². The Kier molecular flexibility index (Phi) is 4.25. The number of aromatic nitrogens is 1. The fourth-order valence-electron chi connectivity index (χ4n) is 2.67. The number of hydrogen-bond acceptors (Lipinski definition) is 2. The summed E-state index contributed by atoms with van der Waals surface area (Å²) in [6.07, 6.45) is 0.145. The van der Waals surface area contributed by atoms with Gasteiger partial charge < -0.3 is 4.74 Å². The summed E-state index contributed by atoms with van der Waals surface area (Å²) in [7, 11) is 0. The van der Waals surface area contributed by atoms with Gasteiger partial charge in [-0.1, -0.05) is 59.7 Å². The fourth-order valence-corrected chi connectivity index (χ4v) is 2.67. The van der Waals surface area contributed by atoms with Crippen molar-refractivity contribution >= 4 is 10.9 Å². The number of benzene rings is 1. The predicted octanol–water partition coefficient (Wildman–Crippen LogP) is 5.62. The summed E-state index contributed by atoms with van der Waals surface area (Å²) in [5, 5.41) is 1.15. The average Bonchev–Trinajstić information content (AvgIpc) is 2.33. The number of ether oxygens (including phenoxy) is 1. The van der Waals surface area contributed by atoms with Crippen LogP contribution >= 0.6 is 0 Å². The first kappa shape index (κ1) is 16.8. The van der Waals surface area contributed by atoms with Crippen molar-refractivity contribution in [2.24, 2.45) is 0 Å². The highest BCUT2D eigenvalue weighted by molar-refractivity contribution is 5.84. The summed E-state index contributed by atoms with van der Waals surface area (Å²) in [5.74, 6) is 0.904. The van der Waals surface area contributed by atoms with Gasteiger partial charge in [0.15, 0.2) is 0 Å². The van der Waals surface area contributed by atoms with Crippen molar-refractivity contribution < 1.29 is 4.74 Å². The van der Waals surface area contributed by atoms with Crippen LogP contribution in [0.25, 0.3) is 10.9 Å². The maximum Gasteiger partial charge on any atom is 0.142 e. The topological polar surface area (TPSA) is 22.1 Å².